The molecule has 2 aromatic rings. The molecule has 112 valence electrons. The quantitative estimate of drug-likeness (QED) is 0.890. The molecule has 0 saturated heterocycles. The van der Waals surface area contributed by atoms with Gasteiger partial charge in [0.2, 0.25) is 0 Å². The van der Waals surface area contributed by atoms with Crippen molar-refractivity contribution in [1.82, 2.24) is 9.97 Å². The first kappa shape index (κ1) is 15.7. The molecular formula is C15H18BrN3O2. The lowest BCUT2D eigenvalue weighted by molar-refractivity contribution is 0.411. The highest BCUT2D eigenvalue weighted by molar-refractivity contribution is 9.10. The molecule has 0 bridgehead atoms. The van der Waals surface area contributed by atoms with Crippen LogP contribution in [0.5, 0.6) is 17.2 Å². The van der Waals surface area contributed by atoms with Crippen LogP contribution in [0.15, 0.2) is 28.9 Å². The zero-order valence-corrected chi connectivity index (χ0v) is 13.8. The third kappa shape index (κ3) is 3.71. The van der Waals surface area contributed by atoms with Gasteiger partial charge in [-0.25, -0.2) is 9.97 Å². The van der Waals surface area contributed by atoms with Crippen molar-refractivity contribution in [2.45, 2.75) is 26.3 Å². The molecule has 0 fully saturated rings. The molecular weight excluding hydrogens is 334 g/mol. The summed E-state index contributed by atoms with van der Waals surface area (Å²) in [5.41, 5.74) is 6.45. The summed E-state index contributed by atoms with van der Waals surface area (Å²) in [6.45, 7) is 4.37. The van der Waals surface area contributed by atoms with Gasteiger partial charge in [0.25, 0.3) is 0 Å². The number of aromatic nitrogens is 2. The first-order valence-electron chi connectivity index (χ1n) is 6.62. The van der Waals surface area contributed by atoms with Gasteiger partial charge in [-0.2, -0.15) is 0 Å². The monoisotopic (exact) mass is 351 g/mol. The van der Waals surface area contributed by atoms with Crippen molar-refractivity contribution >= 4 is 15.9 Å². The molecule has 0 atom stereocenters. The minimum atomic E-state index is 0.247. The predicted molar refractivity (Wildman–Crippen MR) is 84.8 cm³/mol. The summed E-state index contributed by atoms with van der Waals surface area (Å²) in [5.74, 6) is 2.98. The maximum atomic E-state index is 5.86. The molecule has 0 saturated carbocycles. The molecule has 0 unspecified atom stereocenters. The number of rotatable bonds is 5. The van der Waals surface area contributed by atoms with Crippen LogP contribution < -0.4 is 15.2 Å². The van der Waals surface area contributed by atoms with Gasteiger partial charge in [0.05, 0.1) is 17.8 Å². The van der Waals surface area contributed by atoms with Crippen molar-refractivity contribution in [3.8, 4) is 17.2 Å². The molecule has 0 spiro atoms. The van der Waals surface area contributed by atoms with Crippen LogP contribution in [-0.4, -0.2) is 17.1 Å². The Bertz CT molecular complexity index is 632. The minimum absolute atomic E-state index is 0.247. The Morgan fingerprint density at radius 3 is 2.62 bits per heavy atom. The minimum Gasteiger partial charge on any atom is -0.497 e. The van der Waals surface area contributed by atoms with Crippen LogP contribution in [0.3, 0.4) is 0 Å². The topological polar surface area (TPSA) is 70.3 Å². The van der Waals surface area contributed by atoms with Gasteiger partial charge in [-0.1, -0.05) is 13.8 Å². The van der Waals surface area contributed by atoms with E-state index in [0.29, 0.717) is 23.7 Å². The fourth-order valence-corrected chi connectivity index (χ4v) is 2.18. The number of ether oxygens (including phenoxy) is 2. The van der Waals surface area contributed by atoms with E-state index in [9.17, 15) is 0 Å². The summed E-state index contributed by atoms with van der Waals surface area (Å²) < 4.78 is 11.8. The van der Waals surface area contributed by atoms with E-state index in [1.807, 2.05) is 32.0 Å². The van der Waals surface area contributed by atoms with Crippen LogP contribution >= 0.6 is 15.9 Å². The van der Waals surface area contributed by atoms with Crippen molar-refractivity contribution in [3.05, 3.63) is 40.4 Å². The number of methoxy groups -OCH3 is 1. The van der Waals surface area contributed by atoms with E-state index >= 15 is 0 Å². The van der Waals surface area contributed by atoms with Crippen LogP contribution in [0.25, 0.3) is 0 Å². The van der Waals surface area contributed by atoms with Gasteiger partial charge in [0.1, 0.15) is 23.0 Å². The Labute approximate surface area is 132 Å². The molecule has 1 heterocycles. The third-order valence-electron chi connectivity index (χ3n) is 2.92. The number of halogens is 1. The maximum Gasteiger partial charge on any atom is 0.168 e. The maximum absolute atomic E-state index is 5.86. The summed E-state index contributed by atoms with van der Waals surface area (Å²) in [6.07, 6.45) is 1.67. The molecule has 1 aromatic carbocycles. The van der Waals surface area contributed by atoms with Gasteiger partial charge in [-0.3, -0.25) is 0 Å². The van der Waals surface area contributed by atoms with Crippen molar-refractivity contribution in [1.29, 1.82) is 0 Å². The summed E-state index contributed by atoms with van der Waals surface area (Å²) in [6, 6.07) is 5.48. The van der Waals surface area contributed by atoms with E-state index in [1.165, 1.54) is 0 Å². The SMILES string of the molecule is COc1ccc(Oc2cnc(C(C)C)nc2CN)c(Br)c1. The predicted octanol–water partition coefficient (Wildman–Crippen LogP) is 3.62. The number of nitrogens with two attached hydrogens (primary N) is 1. The van der Waals surface area contributed by atoms with Crippen molar-refractivity contribution in [3.63, 3.8) is 0 Å². The van der Waals surface area contributed by atoms with E-state index in [1.54, 1.807) is 13.3 Å². The normalized spacial score (nSPS) is 10.8. The summed E-state index contributed by atoms with van der Waals surface area (Å²) in [5, 5.41) is 0. The molecule has 0 radical (unpaired) electrons. The highest BCUT2D eigenvalue weighted by Gasteiger charge is 2.12. The molecule has 0 aliphatic heterocycles. The van der Waals surface area contributed by atoms with Crippen LogP contribution in [-0.2, 0) is 6.54 Å². The first-order valence-corrected chi connectivity index (χ1v) is 7.41. The van der Waals surface area contributed by atoms with Crippen LogP contribution in [0.1, 0.15) is 31.3 Å². The zero-order chi connectivity index (χ0) is 15.4. The average Bonchev–Trinajstić information content (AvgIpc) is 2.49. The highest BCUT2D eigenvalue weighted by atomic mass is 79.9. The molecule has 0 aliphatic rings. The molecule has 21 heavy (non-hydrogen) atoms. The lowest BCUT2D eigenvalue weighted by Crippen LogP contribution is -2.07. The Morgan fingerprint density at radius 2 is 2.05 bits per heavy atom. The number of benzene rings is 1. The van der Waals surface area contributed by atoms with Gasteiger partial charge >= 0.3 is 0 Å². The highest BCUT2D eigenvalue weighted by Crippen LogP contribution is 2.33. The van der Waals surface area contributed by atoms with Crippen molar-refractivity contribution < 1.29 is 9.47 Å². The molecule has 2 rings (SSSR count). The zero-order valence-electron chi connectivity index (χ0n) is 12.3. The number of nitrogens with zero attached hydrogens (tertiary/aromatic N) is 2. The Kier molecular flexibility index (Phi) is 5.14. The summed E-state index contributed by atoms with van der Waals surface area (Å²) in [4.78, 5) is 8.76. The molecule has 0 aliphatic carbocycles. The fourth-order valence-electron chi connectivity index (χ4n) is 1.74. The van der Waals surface area contributed by atoms with Crippen molar-refractivity contribution in [2.24, 2.45) is 5.73 Å². The van der Waals surface area contributed by atoms with E-state index < -0.39 is 0 Å². The average molecular weight is 352 g/mol. The van der Waals surface area contributed by atoms with Gasteiger partial charge in [0.15, 0.2) is 5.75 Å². The second-order valence-electron chi connectivity index (χ2n) is 4.80. The van der Waals surface area contributed by atoms with Gasteiger partial charge in [0, 0.05) is 12.5 Å². The summed E-state index contributed by atoms with van der Waals surface area (Å²) >= 11 is 3.45. The number of hydrogen-bond acceptors (Lipinski definition) is 5. The lowest BCUT2D eigenvalue weighted by Gasteiger charge is -2.13. The Balaban J connectivity index is 2.31. The van der Waals surface area contributed by atoms with Gasteiger partial charge in [-0.15, -0.1) is 0 Å². The lowest BCUT2D eigenvalue weighted by atomic mass is 10.2. The largest absolute Gasteiger partial charge is 0.497 e. The standard InChI is InChI=1S/C15H18BrN3O2/c1-9(2)15-18-8-14(12(7-17)19-15)21-13-5-4-10(20-3)6-11(13)16/h4-6,8-9H,7,17H2,1-3H3. The van der Waals surface area contributed by atoms with Gasteiger partial charge in [-0.05, 0) is 34.1 Å². The third-order valence-corrected chi connectivity index (χ3v) is 3.54. The fraction of sp³-hybridized carbons (Fsp3) is 0.333. The van der Waals surface area contributed by atoms with Crippen LogP contribution in [0, 0.1) is 0 Å². The molecule has 2 N–H and O–H groups in total. The molecule has 5 nitrogen and oxygen atoms in total. The molecule has 6 heteroatoms. The Morgan fingerprint density at radius 1 is 1.29 bits per heavy atom. The van der Waals surface area contributed by atoms with Crippen molar-refractivity contribution in [2.75, 3.05) is 7.11 Å². The van der Waals surface area contributed by atoms with Gasteiger partial charge < -0.3 is 15.2 Å². The van der Waals surface area contributed by atoms with Crippen LogP contribution in [0.4, 0.5) is 0 Å². The molecule has 0 amide bonds. The van der Waals surface area contributed by atoms with E-state index in [4.69, 9.17) is 15.2 Å². The second kappa shape index (κ2) is 6.87. The van der Waals surface area contributed by atoms with Crippen LogP contribution in [0.2, 0.25) is 0 Å². The van der Waals surface area contributed by atoms with E-state index in [2.05, 4.69) is 25.9 Å². The summed E-state index contributed by atoms with van der Waals surface area (Å²) in [7, 11) is 1.62. The Hall–Kier alpha value is -1.66. The number of hydrogen-bond donors (Lipinski definition) is 1. The molecule has 1 aromatic heterocycles. The first-order chi connectivity index (χ1) is 10.0. The smallest absolute Gasteiger partial charge is 0.168 e. The van der Waals surface area contributed by atoms with E-state index in [-0.39, 0.29) is 5.92 Å². The van der Waals surface area contributed by atoms with E-state index in [0.717, 1.165) is 16.0 Å². The second-order valence-corrected chi connectivity index (χ2v) is 5.65.